The largest absolute Gasteiger partial charge is 0.478 e. The molecule has 0 aromatic heterocycles. The zero-order chi connectivity index (χ0) is 8.85. The second-order valence-electron chi connectivity index (χ2n) is 1.88. The molecule has 0 aliphatic heterocycles. The maximum atomic E-state index is 10.8. The maximum absolute atomic E-state index is 10.8. The van der Waals surface area contributed by atoms with Crippen LogP contribution in [-0.4, -0.2) is 23.7 Å². The van der Waals surface area contributed by atoms with Gasteiger partial charge < -0.3 is 16.2 Å². The van der Waals surface area contributed by atoms with Crippen LogP contribution in [0.3, 0.4) is 0 Å². The Morgan fingerprint density at radius 1 is 1.64 bits per heavy atom. The molecule has 0 aliphatic carbocycles. The van der Waals surface area contributed by atoms with Gasteiger partial charge in [0.15, 0.2) is 0 Å². The topological polar surface area (TPSA) is 92.4 Å². The molecule has 0 aromatic rings. The monoisotopic (exact) mass is 158 g/mol. The van der Waals surface area contributed by atoms with Crippen LogP contribution in [0.4, 0.5) is 0 Å². The van der Waals surface area contributed by atoms with Gasteiger partial charge in [-0.25, -0.2) is 4.79 Å². The van der Waals surface area contributed by atoms with Crippen molar-refractivity contribution in [2.45, 2.75) is 6.92 Å². The highest BCUT2D eigenvalue weighted by Gasteiger charge is 2.02. The number of nitrogens with one attached hydrogen (secondary N) is 1. The van der Waals surface area contributed by atoms with Gasteiger partial charge in [-0.15, -0.1) is 0 Å². The molecule has 0 rings (SSSR count). The molecule has 0 saturated heterocycles. The molecule has 62 valence electrons. The van der Waals surface area contributed by atoms with Crippen molar-refractivity contribution in [3.8, 4) is 0 Å². The van der Waals surface area contributed by atoms with Crippen LogP contribution in [0.2, 0.25) is 0 Å². The Morgan fingerprint density at radius 3 is 2.55 bits per heavy atom. The number of carboxylic acids is 1. The van der Waals surface area contributed by atoms with Crippen LogP contribution in [0.5, 0.6) is 0 Å². The molecule has 5 nitrogen and oxygen atoms in total. The fourth-order valence-corrected chi connectivity index (χ4v) is 0.483. The molecular weight excluding hydrogens is 148 g/mol. The van der Waals surface area contributed by atoms with Crippen molar-refractivity contribution in [3.63, 3.8) is 0 Å². The van der Waals surface area contributed by atoms with Gasteiger partial charge in [-0.1, -0.05) is 0 Å². The zero-order valence-electron chi connectivity index (χ0n) is 6.13. The summed E-state index contributed by atoms with van der Waals surface area (Å²) < 4.78 is 0. The van der Waals surface area contributed by atoms with E-state index in [1.54, 1.807) is 0 Å². The van der Waals surface area contributed by atoms with Gasteiger partial charge in [-0.3, -0.25) is 4.79 Å². The number of amides is 1. The molecule has 1 amide bonds. The first kappa shape index (κ1) is 9.64. The summed E-state index contributed by atoms with van der Waals surface area (Å²) in [6, 6.07) is 0. The van der Waals surface area contributed by atoms with E-state index in [1.807, 2.05) is 0 Å². The Balaban J connectivity index is 4.12. The number of rotatable bonds is 3. The molecule has 5 heteroatoms. The first-order valence-electron chi connectivity index (χ1n) is 2.97. The lowest BCUT2D eigenvalue weighted by Crippen LogP contribution is -2.30. The fourth-order valence-electron chi connectivity index (χ4n) is 0.483. The minimum absolute atomic E-state index is 0.00360. The van der Waals surface area contributed by atoms with Gasteiger partial charge in [0, 0.05) is 11.6 Å². The average molecular weight is 158 g/mol. The van der Waals surface area contributed by atoms with Gasteiger partial charge in [-0.05, 0) is 6.92 Å². The van der Waals surface area contributed by atoms with Crippen molar-refractivity contribution in [1.82, 2.24) is 5.32 Å². The summed E-state index contributed by atoms with van der Waals surface area (Å²) >= 11 is 0. The van der Waals surface area contributed by atoms with Crippen molar-refractivity contribution in [1.29, 1.82) is 0 Å². The fraction of sp³-hybridized carbons (Fsp3) is 0.333. The van der Waals surface area contributed by atoms with Crippen molar-refractivity contribution in [2.24, 2.45) is 5.73 Å². The summed E-state index contributed by atoms with van der Waals surface area (Å²) in [5.41, 5.74) is 5.12. The first-order valence-corrected chi connectivity index (χ1v) is 2.97. The Bertz CT molecular complexity index is 198. The summed E-state index contributed by atoms with van der Waals surface area (Å²) in [7, 11) is 0. The van der Waals surface area contributed by atoms with Crippen molar-refractivity contribution < 1.29 is 14.7 Å². The lowest BCUT2D eigenvalue weighted by atomic mass is 10.2. The normalized spacial score (nSPS) is 10.9. The van der Waals surface area contributed by atoms with Gasteiger partial charge in [0.2, 0.25) is 5.91 Å². The van der Waals surface area contributed by atoms with Crippen LogP contribution < -0.4 is 11.1 Å². The van der Waals surface area contributed by atoms with E-state index in [1.165, 1.54) is 6.92 Å². The molecule has 0 bridgehead atoms. The number of nitrogens with two attached hydrogens (primary N) is 1. The van der Waals surface area contributed by atoms with Crippen LogP contribution in [0.1, 0.15) is 6.92 Å². The van der Waals surface area contributed by atoms with E-state index in [2.05, 4.69) is 5.32 Å². The van der Waals surface area contributed by atoms with Crippen molar-refractivity contribution >= 4 is 11.9 Å². The highest BCUT2D eigenvalue weighted by atomic mass is 16.4. The quantitative estimate of drug-likeness (QED) is 0.364. The summed E-state index contributed by atoms with van der Waals surface area (Å²) in [6.07, 6.45) is 0.824. The minimum atomic E-state index is -1.14. The Kier molecular flexibility index (Phi) is 3.90. The summed E-state index contributed by atoms with van der Waals surface area (Å²) in [6.45, 7) is 1.41. The average Bonchev–Trinajstić information content (AvgIpc) is 1.86. The van der Waals surface area contributed by atoms with Gasteiger partial charge in [-0.2, -0.15) is 0 Å². The van der Waals surface area contributed by atoms with Gasteiger partial charge in [0.05, 0.1) is 6.67 Å². The smallest absolute Gasteiger partial charge is 0.328 e. The van der Waals surface area contributed by atoms with Crippen LogP contribution >= 0.6 is 0 Å². The van der Waals surface area contributed by atoms with Crippen molar-refractivity contribution in [3.05, 3.63) is 11.6 Å². The summed E-state index contributed by atoms with van der Waals surface area (Å²) in [5, 5.41) is 10.5. The number of carboxylic acid groups (broad SMARTS) is 1. The Hall–Kier alpha value is -1.36. The second-order valence-corrected chi connectivity index (χ2v) is 1.88. The van der Waals surface area contributed by atoms with Crippen LogP contribution in [-0.2, 0) is 9.59 Å². The van der Waals surface area contributed by atoms with Gasteiger partial charge in [0.1, 0.15) is 0 Å². The van der Waals surface area contributed by atoms with E-state index in [4.69, 9.17) is 10.8 Å². The van der Waals surface area contributed by atoms with E-state index in [-0.39, 0.29) is 12.2 Å². The van der Waals surface area contributed by atoms with E-state index >= 15 is 0 Å². The van der Waals surface area contributed by atoms with Crippen LogP contribution in [0.15, 0.2) is 11.6 Å². The van der Waals surface area contributed by atoms with Crippen LogP contribution in [0.25, 0.3) is 0 Å². The van der Waals surface area contributed by atoms with E-state index in [0.29, 0.717) is 0 Å². The van der Waals surface area contributed by atoms with Crippen LogP contribution in [0, 0.1) is 0 Å². The maximum Gasteiger partial charge on any atom is 0.328 e. The SMILES string of the molecule is C/C(=C/C(=O)O)C(=O)NCN. The molecule has 0 radical (unpaired) electrons. The molecule has 0 fully saturated rings. The molecule has 0 saturated carbocycles. The summed E-state index contributed by atoms with van der Waals surface area (Å²) in [4.78, 5) is 20.8. The third-order valence-electron chi connectivity index (χ3n) is 0.961. The molecule has 0 atom stereocenters. The number of hydrogen-bond donors (Lipinski definition) is 3. The number of carbonyl (C=O) groups is 2. The predicted molar refractivity (Wildman–Crippen MR) is 38.6 cm³/mol. The molecule has 0 aliphatic rings. The Labute approximate surface area is 63.9 Å². The molecular formula is C6H10N2O3. The molecule has 0 spiro atoms. The Morgan fingerprint density at radius 2 is 2.18 bits per heavy atom. The molecule has 11 heavy (non-hydrogen) atoms. The third kappa shape index (κ3) is 4.10. The highest BCUT2D eigenvalue weighted by Crippen LogP contribution is 1.90. The number of hydrogen-bond acceptors (Lipinski definition) is 3. The molecule has 4 N–H and O–H groups in total. The molecule has 0 aromatic carbocycles. The standard InChI is InChI=1S/C6H10N2O3/c1-4(2-5(9)10)6(11)8-3-7/h2H,3,7H2,1H3,(H,8,11)(H,9,10)/b4-2-. The van der Waals surface area contributed by atoms with Gasteiger partial charge >= 0.3 is 5.97 Å². The lowest BCUT2D eigenvalue weighted by Gasteiger charge is -1.99. The van der Waals surface area contributed by atoms with E-state index in [9.17, 15) is 9.59 Å². The molecule has 0 heterocycles. The third-order valence-corrected chi connectivity index (χ3v) is 0.961. The highest BCUT2D eigenvalue weighted by molar-refractivity contribution is 5.98. The van der Waals surface area contributed by atoms with E-state index in [0.717, 1.165) is 6.08 Å². The first-order chi connectivity index (χ1) is 5.07. The van der Waals surface area contributed by atoms with E-state index < -0.39 is 11.9 Å². The summed E-state index contributed by atoms with van der Waals surface area (Å²) in [5.74, 6) is -1.61. The minimum Gasteiger partial charge on any atom is -0.478 e. The second kappa shape index (κ2) is 4.45. The number of aliphatic carboxylic acids is 1. The lowest BCUT2D eigenvalue weighted by molar-refractivity contribution is -0.131. The zero-order valence-corrected chi connectivity index (χ0v) is 6.13. The molecule has 0 unspecified atom stereocenters. The van der Waals surface area contributed by atoms with Crippen molar-refractivity contribution in [2.75, 3.05) is 6.67 Å². The van der Waals surface area contributed by atoms with Gasteiger partial charge in [0.25, 0.3) is 0 Å². The predicted octanol–water partition coefficient (Wildman–Crippen LogP) is -0.950. The number of carbonyl (C=O) groups excluding carboxylic acids is 1.